The number of benzene rings is 2. The molecule has 1 aliphatic rings. The fourth-order valence-electron chi connectivity index (χ4n) is 2.63. The molecule has 0 fully saturated rings. The molecule has 3 rings (SSSR count). The summed E-state index contributed by atoms with van der Waals surface area (Å²) in [6.45, 7) is 4.63. The van der Waals surface area contributed by atoms with Crippen LogP contribution in [-0.2, 0) is 9.53 Å². The number of carbonyl (C=O) groups is 1. The smallest absolute Gasteiger partial charge is 0.363 e. The number of nitro benzene ring substituents is 1. The van der Waals surface area contributed by atoms with Crippen LogP contribution in [0.4, 0.5) is 5.69 Å². The van der Waals surface area contributed by atoms with Crippen LogP contribution in [0.25, 0.3) is 6.08 Å². The lowest BCUT2D eigenvalue weighted by molar-refractivity contribution is -0.384. The Kier molecular flexibility index (Phi) is 6.37. The number of esters is 1. The van der Waals surface area contributed by atoms with Gasteiger partial charge in [0, 0.05) is 11.6 Å². The number of ether oxygens (including phenoxy) is 3. The van der Waals surface area contributed by atoms with E-state index in [9.17, 15) is 14.9 Å². The molecule has 9 heteroatoms. The number of nitro groups is 1. The van der Waals surface area contributed by atoms with Crippen molar-refractivity contribution in [2.75, 3.05) is 13.7 Å². The van der Waals surface area contributed by atoms with Crippen molar-refractivity contribution in [3.63, 3.8) is 0 Å². The SMILES string of the molecule is COc1cc(/C=C2\N=C(c3ccc(Cl)c([N+](=O)[O-])c3)OC2=O)ccc1OCC(C)C. The summed E-state index contributed by atoms with van der Waals surface area (Å²) in [5.41, 5.74) is 0.688. The molecule has 0 spiro atoms. The molecule has 30 heavy (non-hydrogen) atoms. The minimum absolute atomic E-state index is 0.0173. The van der Waals surface area contributed by atoms with Gasteiger partial charge in [-0.3, -0.25) is 10.1 Å². The van der Waals surface area contributed by atoms with Gasteiger partial charge in [-0.2, -0.15) is 0 Å². The van der Waals surface area contributed by atoms with Gasteiger partial charge in [0.15, 0.2) is 17.2 Å². The summed E-state index contributed by atoms with van der Waals surface area (Å²) in [5, 5.41) is 11.1. The van der Waals surface area contributed by atoms with Crippen LogP contribution in [0, 0.1) is 16.0 Å². The third-order valence-corrected chi connectivity index (χ3v) is 4.39. The van der Waals surface area contributed by atoms with E-state index in [1.165, 1.54) is 31.4 Å². The third-order valence-electron chi connectivity index (χ3n) is 4.07. The second-order valence-corrected chi connectivity index (χ2v) is 7.28. The second kappa shape index (κ2) is 8.96. The summed E-state index contributed by atoms with van der Waals surface area (Å²) < 4.78 is 16.3. The summed E-state index contributed by atoms with van der Waals surface area (Å²) in [7, 11) is 1.53. The van der Waals surface area contributed by atoms with E-state index in [-0.39, 0.29) is 27.9 Å². The van der Waals surface area contributed by atoms with Gasteiger partial charge < -0.3 is 14.2 Å². The average Bonchev–Trinajstić information content (AvgIpc) is 3.07. The van der Waals surface area contributed by atoms with E-state index in [4.69, 9.17) is 25.8 Å². The lowest BCUT2D eigenvalue weighted by Crippen LogP contribution is -2.06. The number of carbonyl (C=O) groups excluding carboxylic acids is 1. The van der Waals surface area contributed by atoms with Crippen LogP contribution >= 0.6 is 11.6 Å². The van der Waals surface area contributed by atoms with E-state index in [0.717, 1.165) is 0 Å². The quantitative estimate of drug-likeness (QED) is 0.274. The zero-order valence-electron chi connectivity index (χ0n) is 16.5. The first-order valence-electron chi connectivity index (χ1n) is 9.06. The predicted octanol–water partition coefficient (Wildman–Crippen LogP) is 4.64. The summed E-state index contributed by atoms with van der Waals surface area (Å²) in [6.07, 6.45) is 1.54. The maximum Gasteiger partial charge on any atom is 0.363 e. The molecule has 0 unspecified atom stereocenters. The maximum absolute atomic E-state index is 12.2. The van der Waals surface area contributed by atoms with Crippen molar-refractivity contribution in [3.05, 3.63) is 68.4 Å². The van der Waals surface area contributed by atoms with Crippen LogP contribution < -0.4 is 9.47 Å². The Morgan fingerprint density at radius 3 is 2.67 bits per heavy atom. The monoisotopic (exact) mass is 430 g/mol. The van der Waals surface area contributed by atoms with Crippen molar-refractivity contribution >= 4 is 35.2 Å². The summed E-state index contributed by atoms with van der Waals surface area (Å²) in [6, 6.07) is 9.29. The highest BCUT2D eigenvalue weighted by atomic mass is 35.5. The average molecular weight is 431 g/mol. The van der Waals surface area contributed by atoms with Crippen LogP contribution in [0.1, 0.15) is 25.0 Å². The standard InChI is InChI=1S/C21H19ClN2O6/c1-12(2)11-29-18-7-4-13(9-19(18)28-3)8-16-21(25)30-20(23-16)14-5-6-15(22)17(10-14)24(26)27/h4-10,12H,11H2,1-3H3/b16-8-. The van der Waals surface area contributed by atoms with Gasteiger partial charge in [-0.15, -0.1) is 0 Å². The Labute approximate surface area is 177 Å². The molecular formula is C21H19ClN2O6. The molecule has 0 saturated heterocycles. The minimum atomic E-state index is -0.665. The molecule has 1 aliphatic heterocycles. The molecular weight excluding hydrogens is 412 g/mol. The van der Waals surface area contributed by atoms with Crippen LogP contribution in [0.15, 0.2) is 47.1 Å². The molecule has 0 atom stereocenters. The molecule has 2 aromatic rings. The number of cyclic esters (lactones) is 1. The van der Waals surface area contributed by atoms with E-state index >= 15 is 0 Å². The van der Waals surface area contributed by atoms with Crippen molar-refractivity contribution in [2.45, 2.75) is 13.8 Å². The predicted molar refractivity (Wildman–Crippen MR) is 112 cm³/mol. The molecule has 0 radical (unpaired) electrons. The minimum Gasteiger partial charge on any atom is -0.493 e. The van der Waals surface area contributed by atoms with E-state index in [2.05, 4.69) is 4.99 Å². The topological polar surface area (TPSA) is 100 Å². The van der Waals surface area contributed by atoms with Gasteiger partial charge in [0.2, 0.25) is 5.90 Å². The van der Waals surface area contributed by atoms with E-state index in [1.807, 2.05) is 13.8 Å². The molecule has 156 valence electrons. The lowest BCUT2D eigenvalue weighted by Gasteiger charge is -2.12. The Hall–Kier alpha value is -3.39. The molecule has 0 amide bonds. The molecule has 8 nitrogen and oxygen atoms in total. The third kappa shape index (κ3) is 4.77. The van der Waals surface area contributed by atoms with Gasteiger partial charge in [-0.05, 0) is 41.8 Å². The van der Waals surface area contributed by atoms with Gasteiger partial charge in [-0.25, -0.2) is 9.79 Å². The van der Waals surface area contributed by atoms with Crippen LogP contribution in [0.3, 0.4) is 0 Å². The van der Waals surface area contributed by atoms with Gasteiger partial charge in [0.1, 0.15) is 5.02 Å². The molecule has 0 aromatic heterocycles. The lowest BCUT2D eigenvalue weighted by atomic mass is 10.1. The van der Waals surface area contributed by atoms with Crippen molar-refractivity contribution in [3.8, 4) is 11.5 Å². The Morgan fingerprint density at radius 1 is 1.23 bits per heavy atom. The van der Waals surface area contributed by atoms with Gasteiger partial charge >= 0.3 is 5.97 Å². The normalized spacial score (nSPS) is 14.6. The number of halogens is 1. The zero-order valence-corrected chi connectivity index (χ0v) is 17.3. The number of rotatable bonds is 7. The molecule has 0 N–H and O–H groups in total. The number of nitrogens with zero attached hydrogens (tertiary/aromatic N) is 2. The first-order valence-corrected chi connectivity index (χ1v) is 9.44. The van der Waals surface area contributed by atoms with Crippen molar-refractivity contribution < 1.29 is 23.9 Å². The highest BCUT2D eigenvalue weighted by molar-refractivity contribution is 6.32. The fourth-order valence-corrected chi connectivity index (χ4v) is 2.81. The molecule has 1 heterocycles. The largest absolute Gasteiger partial charge is 0.493 e. The number of aliphatic imine (C=N–C) groups is 1. The van der Waals surface area contributed by atoms with Gasteiger partial charge in [0.25, 0.3) is 5.69 Å². The van der Waals surface area contributed by atoms with Gasteiger partial charge in [-0.1, -0.05) is 31.5 Å². The maximum atomic E-state index is 12.2. The van der Waals surface area contributed by atoms with Crippen molar-refractivity contribution in [2.24, 2.45) is 10.9 Å². The number of methoxy groups -OCH3 is 1. The fraction of sp³-hybridized carbons (Fsp3) is 0.238. The summed E-state index contributed by atoms with van der Waals surface area (Å²) in [4.78, 5) is 26.9. The van der Waals surface area contributed by atoms with Crippen molar-refractivity contribution in [1.82, 2.24) is 0 Å². The molecule has 0 saturated carbocycles. The first-order chi connectivity index (χ1) is 14.3. The summed E-state index contributed by atoms with van der Waals surface area (Å²) in [5.74, 6) is 0.784. The van der Waals surface area contributed by atoms with Crippen LogP contribution in [0.5, 0.6) is 11.5 Å². The molecule has 2 aromatic carbocycles. The van der Waals surface area contributed by atoms with E-state index in [1.54, 1.807) is 18.2 Å². The molecule has 0 aliphatic carbocycles. The second-order valence-electron chi connectivity index (χ2n) is 6.87. The number of hydrogen-bond donors (Lipinski definition) is 0. The highest BCUT2D eigenvalue weighted by Crippen LogP contribution is 2.31. The summed E-state index contributed by atoms with van der Waals surface area (Å²) >= 11 is 5.82. The van der Waals surface area contributed by atoms with Gasteiger partial charge in [0.05, 0.1) is 18.6 Å². The highest BCUT2D eigenvalue weighted by Gasteiger charge is 2.26. The van der Waals surface area contributed by atoms with Crippen molar-refractivity contribution in [1.29, 1.82) is 0 Å². The first kappa shape index (κ1) is 21.3. The van der Waals surface area contributed by atoms with Crippen LogP contribution in [-0.4, -0.2) is 30.5 Å². The molecule has 0 bridgehead atoms. The number of hydrogen-bond acceptors (Lipinski definition) is 7. The van der Waals surface area contributed by atoms with E-state index < -0.39 is 10.9 Å². The Morgan fingerprint density at radius 2 is 2.00 bits per heavy atom. The van der Waals surface area contributed by atoms with Crippen LogP contribution in [0.2, 0.25) is 5.02 Å². The Bertz CT molecular complexity index is 1060. The Balaban J connectivity index is 1.89. The van der Waals surface area contributed by atoms with E-state index in [0.29, 0.717) is 29.6 Å². The zero-order chi connectivity index (χ0) is 21.8.